The summed E-state index contributed by atoms with van der Waals surface area (Å²) in [4.78, 5) is 14.1. The summed E-state index contributed by atoms with van der Waals surface area (Å²) >= 11 is 0. The number of carbonyl (C=O) groups excluding carboxylic acids is 1. The standard InChI is InChI=1S/C12H24N2O2/c1-4-16-11(15)10(9-13)12(14(2)3)7-5-6-8-12/h10H,4-9,13H2,1-3H3/t10-/m0/s1. The Labute approximate surface area is 98.1 Å². The van der Waals surface area contributed by atoms with Gasteiger partial charge in [0, 0.05) is 12.1 Å². The van der Waals surface area contributed by atoms with E-state index in [1.165, 1.54) is 12.8 Å². The van der Waals surface area contributed by atoms with Gasteiger partial charge in [-0.2, -0.15) is 0 Å². The lowest BCUT2D eigenvalue weighted by Crippen LogP contribution is -2.54. The van der Waals surface area contributed by atoms with Gasteiger partial charge in [0.05, 0.1) is 12.5 Å². The van der Waals surface area contributed by atoms with Crippen molar-refractivity contribution in [1.29, 1.82) is 0 Å². The summed E-state index contributed by atoms with van der Waals surface area (Å²) in [5.74, 6) is -0.328. The van der Waals surface area contributed by atoms with Crippen LogP contribution in [0.1, 0.15) is 32.6 Å². The number of ether oxygens (including phenoxy) is 1. The summed E-state index contributed by atoms with van der Waals surface area (Å²) in [5, 5.41) is 0. The van der Waals surface area contributed by atoms with E-state index < -0.39 is 0 Å². The number of esters is 1. The van der Waals surface area contributed by atoms with Crippen LogP contribution in [-0.4, -0.2) is 43.7 Å². The molecule has 0 aromatic heterocycles. The lowest BCUT2D eigenvalue weighted by Gasteiger charge is -2.41. The van der Waals surface area contributed by atoms with Gasteiger partial charge in [0.25, 0.3) is 0 Å². The van der Waals surface area contributed by atoms with Crippen LogP contribution < -0.4 is 5.73 Å². The van der Waals surface area contributed by atoms with Crippen molar-refractivity contribution in [1.82, 2.24) is 4.90 Å². The molecule has 0 radical (unpaired) electrons. The molecule has 0 unspecified atom stereocenters. The molecular weight excluding hydrogens is 204 g/mol. The topological polar surface area (TPSA) is 55.6 Å². The summed E-state index contributed by atoms with van der Waals surface area (Å²) in [6, 6.07) is 0. The second-order valence-electron chi connectivity index (χ2n) is 4.75. The third-order valence-corrected chi connectivity index (χ3v) is 3.82. The van der Waals surface area contributed by atoms with Crippen molar-refractivity contribution in [3.63, 3.8) is 0 Å². The fourth-order valence-corrected chi connectivity index (χ4v) is 2.87. The highest BCUT2D eigenvalue weighted by atomic mass is 16.5. The smallest absolute Gasteiger partial charge is 0.312 e. The minimum atomic E-state index is -0.190. The molecule has 16 heavy (non-hydrogen) atoms. The van der Waals surface area contributed by atoms with Gasteiger partial charge in [-0.05, 0) is 33.9 Å². The van der Waals surface area contributed by atoms with Crippen LogP contribution in [0.5, 0.6) is 0 Å². The number of nitrogens with two attached hydrogens (primary N) is 1. The lowest BCUT2D eigenvalue weighted by molar-refractivity contribution is -0.153. The van der Waals surface area contributed by atoms with Crippen molar-refractivity contribution < 1.29 is 9.53 Å². The fourth-order valence-electron chi connectivity index (χ4n) is 2.87. The van der Waals surface area contributed by atoms with Gasteiger partial charge < -0.3 is 15.4 Å². The average Bonchev–Trinajstić information content (AvgIpc) is 2.69. The van der Waals surface area contributed by atoms with Crippen LogP contribution in [0.4, 0.5) is 0 Å². The third-order valence-electron chi connectivity index (χ3n) is 3.82. The van der Waals surface area contributed by atoms with Crippen LogP contribution in [0.15, 0.2) is 0 Å². The second-order valence-corrected chi connectivity index (χ2v) is 4.75. The van der Waals surface area contributed by atoms with Crippen molar-refractivity contribution in [2.24, 2.45) is 11.7 Å². The predicted octanol–water partition coefficient (Wildman–Crippen LogP) is 0.999. The first-order chi connectivity index (χ1) is 7.58. The second kappa shape index (κ2) is 5.64. The van der Waals surface area contributed by atoms with Gasteiger partial charge in [0.15, 0.2) is 0 Å². The van der Waals surface area contributed by atoms with E-state index in [1.807, 2.05) is 21.0 Å². The van der Waals surface area contributed by atoms with E-state index in [-0.39, 0.29) is 17.4 Å². The highest BCUT2D eigenvalue weighted by molar-refractivity contribution is 5.74. The van der Waals surface area contributed by atoms with Gasteiger partial charge in [-0.25, -0.2) is 0 Å². The Hall–Kier alpha value is -0.610. The first kappa shape index (κ1) is 13.5. The molecule has 1 rings (SSSR count). The summed E-state index contributed by atoms with van der Waals surface area (Å²) in [6.45, 7) is 2.64. The molecule has 1 aliphatic carbocycles. The maximum Gasteiger partial charge on any atom is 0.312 e. The Kier molecular flexibility index (Phi) is 4.74. The molecule has 0 amide bonds. The highest BCUT2D eigenvalue weighted by Crippen LogP contribution is 2.40. The van der Waals surface area contributed by atoms with Crippen molar-refractivity contribution >= 4 is 5.97 Å². The maximum absolute atomic E-state index is 11.9. The molecule has 1 aliphatic rings. The van der Waals surface area contributed by atoms with Gasteiger partial charge in [0.1, 0.15) is 0 Å². The van der Waals surface area contributed by atoms with E-state index in [4.69, 9.17) is 10.5 Å². The monoisotopic (exact) mass is 228 g/mol. The largest absolute Gasteiger partial charge is 0.466 e. The Morgan fingerprint density at radius 2 is 2.00 bits per heavy atom. The highest BCUT2D eigenvalue weighted by Gasteiger charge is 2.46. The summed E-state index contributed by atoms with van der Waals surface area (Å²) in [7, 11) is 4.07. The Bertz CT molecular complexity index is 235. The van der Waals surface area contributed by atoms with Crippen molar-refractivity contribution in [2.45, 2.75) is 38.1 Å². The number of hydrogen-bond acceptors (Lipinski definition) is 4. The molecule has 2 N–H and O–H groups in total. The molecule has 0 aliphatic heterocycles. The normalized spacial score (nSPS) is 21.1. The van der Waals surface area contributed by atoms with E-state index >= 15 is 0 Å². The number of rotatable bonds is 5. The maximum atomic E-state index is 11.9. The molecule has 0 aromatic carbocycles. The van der Waals surface area contributed by atoms with Crippen LogP contribution in [0.2, 0.25) is 0 Å². The molecule has 0 spiro atoms. The van der Waals surface area contributed by atoms with Gasteiger partial charge in [-0.1, -0.05) is 12.8 Å². The zero-order valence-corrected chi connectivity index (χ0v) is 10.7. The van der Waals surface area contributed by atoms with Crippen molar-refractivity contribution in [3.05, 3.63) is 0 Å². The minimum absolute atomic E-state index is 0.0823. The van der Waals surface area contributed by atoms with E-state index in [0.717, 1.165) is 12.8 Å². The van der Waals surface area contributed by atoms with Gasteiger partial charge in [0.2, 0.25) is 0 Å². The Balaban J connectivity index is 2.86. The van der Waals surface area contributed by atoms with Gasteiger partial charge in [-0.3, -0.25) is 4.79 Å². The summed E-state index contributed by atoms with van der Waals surface area (Å²) < 4.78 is 5.14. The summed E-state index contributed by atoms with van der Waals surface area (Å²) in [6.07, 6.45) is 4.43. The molecule has 1 atom stereocenters. The van der Waals surface area contributed by atoms with Crippen LogP contribution in [0.25, 0.3) is 0 Å². The zero-order valence-electron chi connectivity index (χ0n) is 10.7. The van der Waals surface area contributed by atoms with Crippen LogP contribution in [0.3, 0.4) is 0 Å². The average molecular weight is 228 g/mol. The van der Waals surface area contributed by atoms with Crippen LogP contribution in [-0.2, 0) is 9.53 Å². The fraction of sp³-hybridized carbons (Fsp3) is 0.917. The minimum Gasteiger partial charge on any atom is -0.466 e. The van der Waals surface area contributed by atoms with Crippen molar-refractivity contribution in [3.8, 4) is 0 Å². The number of nitrogens with zero attached hydrogens (tertiary/aromatic N) is 1. The van der Waals surface area contributed by atoms with E-state index in [1.54, 1.807) is 0 Å². The van der Waals surface area contributed by atoms with Crippen LogP contribution >= 0.6 is 0 Å². The summed E-state index contributed by atoms with van der Waals surface area (Å²) in [5.41, 5.74) is 5.70. The first-order valence-corrected chi connectivity index (χ1v) is 6.12. The molecular formula is C12H24N2O2. The zero-order chi connectivity index (χ0) is 12.2. The lowest BCUT2D eigenvalue weighted by atomic mass is 9.81. The molecule has 0 aromatic rings. The third kappa shape index (κ3) is 2.38. The molecule has 4 nitrogen and oxygen atoms in total. The van der Waals surface area contributed by atoms with Gasteiger partial charge >= 0.3 is 5.97 Å². The Morgan fingerprint density at radius 1 is 1.44 bits per heavy atom. The molecule has 1 saturated carbocycles. The SMILES string of the molecule is CCOC(=O)[C@H](CN)C1(N(C)C)CCCC1. The molecule has 0 bridgehead atoms. The Morgan fingerprint density at radius 3 is 2.38 bits per heavy atom. The van der Waals surface area contributed by atoms with E-state index in [2.05, 4.69) is 4.90 Å². The molecule has 1 fully saturated rings. The van der Waals surface area contributed by atoms with E-state index in [0.29, 0.717) is 13.2 Å². The first-order valence-electron chi connectivity index (χ1n) is 6.12. The van der Waals surface area contributed by atoms with Crippen molar-refractivity contribution in [2.75, 3.05) is 27.2 Å². The molecule has 4 heteroatoms. The van der Waals surface area contributed by atoms with E-state index in [9.17, 15) is 4.79 Å². The molecule has 0 heterocycles. The number of carbonyl (C=O) groups is 1. The molecule has 94 valence electrons. The molecule has 0 saturated heterocycles. The quantitative estimate of drug-likeness (QED) is 0.713. The number of hydrogen-bond donors (Lipinski definition) is 1. The van der Waals surface area contributed by atoms with Crippen LogP contribution in [0, 0.1) is 5.92 Å². The van der Waals surface area contributed by atoms with Gasteiger partial charge in [-0.15, -0.1) is 0 Å². The predicted molar refractivity (Wildman–Crippen MR) is 64.1 cm³/mol.